The molecule has 0 unspecified atom stereocenters. The largest absolute Gasteiger partial charge is 0.444 e. The van der Waals surface area contributed by atoms with E-state index in [4.69, 9.17) is 4.74 Å². The van der Waals surface area contributed by atoms with Gasteiger partial charge in [-0.1, -0.05) is 36.4 Å². The maximum absolute atomic E-state index is 13.3. The highest BCUT2D eigenvalue weighted by Crippen LogP contribution is 2.43. The Balaban J connectivity index is 1.41. The molecule has 0 spiro atoms. The lowest BCUT2D eigenvalue weighted by Crippen LogP contribution is -2.55. The summed E-state index contributed by atoms with van der Waals surface area (Å²) >= 11 is 0. The van der Waals surface area contributed by atoms with Crippen LogP contribution in [0.4, 0.5) is 4.79 Å². The summed E-state index contributed by atoms with van der Waals surface area (Å²) in [6.45, 7) is 5.40. The van der Waals surface area contributed by atoms with Crippen LogP contribution in [0.25, 0.3) is 11.1 Å². The highest BCUT2D eigenvalue weighted by Gasteiger charge is 2.52. The van der Waals surface area contributed by atoms with E-state index < -0.39 is 33.6 Å². The fourth-order valence-electron chi connectivity index (χ4n) is 5.25. The van der Waals surface area contributed by atoms with Gasteiger partial charge in [0.1, 0.15) is 17.7 Å². The van der Waals surface area contributed by atoms with Crippen molar-refractivity contribution >= 4 is 21.8 Å². The molecule has 1 aliphatic heterocycles. The fraction of sp³-hybridized carbons (Fsp3) is 0.464. The summed E-state index contributed by atoms with van der Waals surface area (Å²) in [6.07, 6.45) is 3.54. The smallest absolute Gasteiger partial charge is 0.411 e. The van der Waals surface area contributed by atoms with Gasteiger partial charge in [0.2, 0.25) is 5.91 Å². The number of amides is 2. The normalized spacial score (nSPS) is 21.8. The number of fused-ring (bicyclic) bond motifs is 2. The second-order valence-corrected chi connectivity index (χ2v) is 13.0. The van der Waals surface area contributed by atoms with E-state index in [0.29, 0.717) is 6.42 Å². The number of ether oxygens (including phenoxy) is 1. The van der Waals surface area contributed by atoms with E-state index in [0.717, 1.165) is 36.0 Å². The van der Waals surface area contributed by atoms with Crippen molar-refractivity contribution < 1.29 is 22.7 Å². The molecule has 1 saturated carbocycles. The quantitative estimate of drug-likeness (QED) is 0.609. The average Bonchev–Trinajstić information content (AvgIpc) is 3.44. The minimum absolute atomic E-state index is 0.00446. The first-order valence-corrected chi connectivity index (χ1v) is 14.4. The van der Waals surface area contributed by atoms with Crippen molar-refractivity contribution in [2.75, 3.05) is 6.26 Å². The number of benzene rings is 2. The Kier molecular flexibility index (Phi) is 7.33. The third kappa shape index (κ3) is 6.13. The van der Waals surface area contributed by atoms with Crippen LogP contribution in [0.15, 0.2) is 53.4 Å². The van der Waals surface area contributed by atoms with E-state index in [1.165, 1.54) is 6.26 Å². The van der Waals surface area contributed by atoms with Gasteiger partial charge in [-0.2, -0.15) is 5.26 Å². The van der Waals surface area contributed by atoms with Gasteiger partial charge in [-0.3, -0.25) is 9.69 Å². The molecule has 1 saturated heterocycles. The summed E-state index contributed by atoms with van der Waals surface area (Å²) in [7, 11) is -3.25. The molecule has 2 bridgehead atoms. The van der Waals surface area contributed by atoms with Gasteiger partial charge in [0, 0.05) is 18.7 Å². The Bertz CT molecular complexity index is 1310. The molecule has 196 valence electrons. The molecular formula is C28H33N3O5S. The van der Waals surface area contributed by atoms with Crippen LogP contribution in [-0.2, 0) is 25.8 Å². The third-order valence-electron chi connectivity index (χ3n) is 6.94. The molecule has 0 radical (unpaired) electrons. The minimum Gasteiger partial charge on any atom is -0.444 e. The van der Waals surface area contributed by atoms with E-state index in [1.807, 2.05) is 24.3 Å². The highest BCUT2D eigenvalue weighted by molar-refractivity contribution is 7.90. The molecule has 4 atom stereocenters. The number of hydrogen-bond donors (Lipinski definition) is 1. The fourth-order valence-corrected chi connectivity index (χ4v) is 5.88. The zero-order valence-electron chi connectivity index (χ0n) is 21.6. The molecule has 4 rings (SSSR count). The van der Waals surface area contributed by atoms with Gasteiger partial charge in [0.15, 0.2) is 9.84 Å². The van der Waals surface area contributed by atoms with Crippen molar-refractivity contribution in [3.8, 4) is 17.2 Å². The summed E-state index contributed by atoms with van der Waals surface area (Å²) in [5.41, 5.74) is 2.01. The van der Waals surface area contributed by atoms with Crippen LogP contribution in [0.3, 0.4) is 0 Å². The Morgan fingerprint density at radius 2 is 1.68 bits per heavy atom. The summed E-state index contributed by atoms with van der Waals surface area (Å²) < 4.78 is 28.9. The molecule has 1 aliphatic carbocycles. The van der Waals surface area contributed by atoms with E-state index in [1.54, 1.807) is 49.9 Å². The first kappa shape index (κ1) is 26.7. The lowest BCUT2D eigenvalue weighted by Gasteiger charge is -2.35. The second-order valence-electron chi connectivity index (χ2n) is 10.9. The van der Waals surface area contributed by atoms with Gasteiger partial charge >= 0.3 is 6.09 Å². The Labute approximate surface area is 218 Å². The maximum Gasteiger partial charge on any atom is 0.411 e. The van der Waals surface area contributed by atoms with Crippen molar-refractivity contribution in [3.63, 3.8) is 0 Å². The molecule has 8 nitrogen and oxygen atoms in total. The zero-order valence-corrected chi connectivity index (χ0v) is 22.4. The lowest BCUT2D eigenvalue weighted by atomic mass is 9.97. The number of nitriles is 1. The Morgan fingerprint density at radius 3 is 2.22 bits per heavy atom. The summed E-state index contributed by atoms with van der Waals surface area (Å²) in [4.78, 5) is 28.0. The molecule has 1 heterocycles. The standard InChI is InChI=1S/C28H33N3O5S/c1-28(2,3)36-27(33)31-23-12-9-21(16-23)25(31)26(32)30-22(17-29)15-18-5-7-19(8-6-18)20-10-13-24(14-11-20)37(4,34)35/h5-8,10-11,13-14,21-23,25H,9,12,15-16H2,1-4H3,(H,30,32)/t21-,22-,23+,25-/m0/s1. The summed E-state index contributed by atoms with van der Waals surface area (Å²) in [5.74, 6) is -0.238. The molecule has 0 aromatic heterocycles. The summed E-state index contributed by atoms with van der Waals surface area (Å²) in [5, 5.41) is 12.6. The molecule has 9 heteroatoms. The van der Waals surface area contributed by atoms with Crippen LogP contribution in [0.5, 0.6) is 0 Å². The van der Waals surface area contributed by atoms with Gasteiger partial charge in [-0.25, -0.2) is 13.2 Å². The minimum atomic E-state index is -3.25. The highest BCUT2D eigenvalue weighted by atomic mass is 32.2. The number of nitrogens with one attached hydrogen (secondary N) is 1. The first-order chi connectivity index (χ1) is 17.4. The zero-order chi connectivity index (χ0) is 27.0. The van der Waals surface area contributed by atoms with Crippen LogP contribution in [0.1, 0.15) is 45.6 Å². The molecule has 1 N–H and O–H groups in total. The monoisotopic (exact) mass is 523 g/mol. The van der Waals surface area contributed by atoms with E-state index in [9.17, 15) is 23.3 Å². The van der Waals surface area contributed by atoms with Crippen molar-refractivity contribution in [2.45, 2.75) is 75.1 Å². The van der Waals surface area contributed by atoms with Gasteiger partial charge in [-0.15, -0.1) is 0 Å². The number of nitrogens with zero attached hydrogens (tertiary/aromatic N) is 2. The maximum atomic E-state index is 13.3. The van der Waals surface area contributed by atoms with Crippen molar-refractivity contribution in [2.24, 2.45) is 5.92 Å². The van der Waals surface area contributed by atoms with Gasteiger partial charge in [0.05, 0.1) is 11.0 Å². The van der Waals surface area contributed by atoms with Crippen LogP contribution in [0.2, 0.25) is 0 Å². The number of rotatable bonds is 6. The number of carbonyl (C=O) groups excluding carboxylic acids is 2. The third-order valence-corrected chi connectivity index (χ3v) is 8.07. The average molecular weight is 524 g/mol. The van der Waals surface area contributed by atoms with Gasteiger partial charge < -0.3 is 10.1 Å². The molecule has 2 fully saturated rings. The van der Waals surface area contributed by atoms with Crippen LogP contribution in [0, 0.1) is 17.2 Å². The summed E-state index contributed by atoms with van der Waals surface area (Å²) in [6, 6.07) is 15.1. The molecule has 2 aliphatic rings. The number of likely N-dealkylation sites (tertiary alicyclic amines) is 1. The second kappa shape index (κ2) is 10.2. The molecule has 2 aromatic carbocycles. The van der Waals surface area contributed by atoms with Crippen LogP contribution < -0.4 is 5.32 Å². The van der Waals surface area contributed by atoms with Crippen molar-refractivity contribution in [1.82, 2.24) is 10.2 Å². The molecule has 2 amide bonds. The number of hydrogen-bond acceptors (Lipinski definition) is 6. The van der Waals surface area contributed by atoms with E-state index in [-0.39, 0.29) is 22.8 Å². The van der Waals surface area contributed by atoms with Crippen molar-refractivity contribution in [1.29, 1.82) is 5.26 Å². The lowest BCUT2D eigenvalue weighted by molar-refractivity contribution is -0.128. The predicted molar refractivity (Wildman–Crippen MR) is 139 cm³/mol. The van der Waals surface area contributed by atoms with E-state index >= 15 is 0 Å². The SMILES string of the molecule is CC(C)(C)OC(=O)N1[C@@H]2CC[C@@H](C2)[C@H]1C(=O)N[C@H](C#N)Cc1ccc(-c2ccc(S(C)(=O)=O)cc2)cc1. The Hall–Kier alpha value is -3.38. The van der Waals surface area contributed by atoms with E-state index in [2.05, 4.69) is 11.4 Å². The van der Waals surface area contributed by atoms with Crippen LogP contribution in [-0.4, -0.2) is 55.3 Å². The topological polar surface area (TPSA) is 117 Å². The predicted octanol–water partition coefficient (Wildman–Crippen LogP) is 4.10. The number of carbonyl (C=O) groups is 2. The Morgan fingerprint density at radius 1 is 1.08 bits per heavy atom. The molecular weight excluding hydrogens is 490 g/mol. The van der Waals surface area contributed by atoms with Crippen molar-refractivity contribution in [3.05, 3.63) is 54.1 Å². The number of sulfone groups is 1. The van der Waals surface area contributed by atoms with Gasteiger partial charge in [0.25, 0.3) is 0 Å². The molecule has 37 heavy (non-hydrogen) atoms. The van der Waals surface area contributed by atoms with Crippen LogP contribution >= 0.6 is 0 Å². The van der Waals surface area contributed by atoms with Gasteiger partial charge in [-0.05, 0) is 74.8 Å². The number of piperidine rings is 1. The molecule has 2 aromatic rings. The first-order valence-electron chi connectivity index (χ1n) is 12.5.